The molecule has 0 radical (unpaired) electrons. The van der Waals surface area contributed by atoms with E-state index >= 15 is 0 Å². The fourth-order valence-electron chi connectivity index (χ4n) is 2.07. The lowest BCUT2D eigenvalue weighted by atomic mass is 10.1. The van der Waals surface area contributed by atoms with Crippen LogP contribution in [-0.2, 0) is 4.74 Å². The lowest BCUT2D eigenvalue weighted by molar-refractivity contribution is 0.152. The van der Waals surface area contributed by atoms with E-state index in [9.17, 15) is 0 Å². The molecule has 2 rings (SSSR count). The number of ether oxygens (including phenoxy) is 1. The minimum Gasteiger partial charge on any atom is -0.383 e. The Balaban J connectivity index is 1.92. The maximum Gasteiger partial charge on any atom is 0.0618 e. The summed E-state index contributed by atoms with van der Waals surface area (Å²) in [7, 11) is 1.77. The molecule has 16 heavy (non-hydrogen) atoms. The summed E-state index contributed by atoms with van der Waals surface area (Å²) in [6.07, 6.45) is 6.36. The van der Waals surface area contributed by atoms with E-state index in [0.717, 1.165) is 12.5 Å². The highest BCUT2D eigenvalue weighted by atomic mass is 16.5. The maximum absolute atomic E-state index is 5.27. The van der Waals surface area contributed by atoms with Crippen LogP contribution in [0, 0.1) is 5.92 Å². The molecule has 1 saturated carbocycles. The molecule has 88 valence electrons. The standard InChI is InChI=1S/C13H20N2O/c1-10(11-5-7-14-8-6-11)15-13(9-16-2)12-3-4-12/h5-8,10,12-13,15H,3-4,9H2,1-2H3/t10-,13?/m0/s1. The van der Waals surface area contributed by atoms with Gasteiger partial charge in [0.25, 0.3) is 0 Å². The molecular weight excluding hydrogens is 200 g/mol. The van der Waals surface area contributed by atoms with Gasteiger partial charge in [-0.1, -0.05) is 0 Å². The summed E-state index contributed by atoms with van der Waals surface area (Å²) >= 11 is 0. The quantitative estimate of drug-likeness (QED) is 0.797. The van der Waals surface area contributed by atoms with Gasteiger partial charge in [0.1, 0.15) is 0 Å². The molecule has 1 heterocycles. The summed E-state index contributed by atoms with van der Waals surface area (Å²) in [4.78, 5) is 4.04. The van der Waals surface area contributed by atoms with E-state index in [2.05, 4.69) is 29.4 Å². The molecule has 0 saturated heterocycles. The van der Waals surface area contributed by atoms with Crippen LogP contribution in [0.1, 0.15) is 31.4 Å². The van der Waals surface area contributed by atoms with E-state index < -0.39 is 0 Å². The van der Waals surface area contributed by atoms with E-state index in [0.29, 0.717) is 12.1 Å². The molecule has 1 N–H and O–H groups in total. The molecule has 0 aliphatic heterocycles. The van der Waals surface area contributed by atoms with Gasteiger partial charge in [-0.05, 0) is 43.4 Å². The van der Waals surface area contributed by atoms with Gasteiger partial charge in [-0.15, -0.1) is 0 Å². The first-order valence-electron chi connectivity index (χ1n) is 5.96. The largest absolute Gasteiger partial charge is 0.383 e. The van der Waals surface area contributed by atoms with Gasteiger partial charge >= 0.3 is 0 Å². The second-order valence-corrected chi connectivity index (χ2v) is 4.57. The van der Waals surface area contributed by atoms with Gasteiger partial charge in [-0.2, -0.15) is 0 Å². The average molecular weight is 220 g/mol. The third-order valence-electron chi connectivity index (χ3n) is 3.21. The van der Waals surface area contributed by atoms with Gasteiger partial charge in [0, 0.05) is 31.6 Å². The minimum atomic E-state index is 0.365. The van der Waals surface area contributed by atoms with Crippen molar-refractivity contribution in [1.82, 2.24) is 10.3 Å². The summed E-state index contributed by atoms with van der Waals surface area (Å²) in [5, 5.41) is 3.64. The molecule has 2 atom stereocenters. The van der Waals surface area contributed by atoms with Crippen LogP contribution in [0.15, 0.2) is 24.5 Å². The topological polar surface area (TPSA) is 34.1 Å². The van der Waals surface area contributed by atoms with E-state index in [1.807, 2.05) is 12.4 Å². The molecule has 1 aliphatic rings. The molecule has 1 aromatic rings. The Kier molecular flexibility index (Phi) is 3.91. The van der Waals surface area contributed by atoms with Gasteiger partial charge in [-0.3, -0.25) is 4.98 Å². The number of rotatable bonds is 6. The van der Waals surface area contributed by atoms with Crippen LogP contribution in [0.2, 0.25) is 0 Å². The zero-order valence-corrected chi connectivity index (χ0v) is 10.0. The number of pyridine rings is 1. The average Bonchev–Trinajstić information content (AvgIpc) is 3.13. The van der Waals surface area contributed by atoms with Crippen LogP contribution in [0.4, 0.5) is 0 Å². The van der Waals surface area contributed by atoms with Crippen molar-refractivity contribution < 1.29 is 4.74 Å². The summed E-state index contributed by atoms with van der Waals surface area (Å²) in [6, 6.07) is 4.99. The van der Waals surface area contributed by atoms with Crippen molar-refractivity contribution in [2.24, 2.45) is 5.92 Å². The van der Waals surface area contributed by atoms with Crippen molar-refractivity contribution in [2.75, 3.05) is 13.7 Å². The summed E-state index contributed by atoms with van der Waals surface area (Å²) in [5.41, 5.74) is 1.29. The Morgan fingerprint density at radius 1 is 1.44 bits per heavy atom. The van der Waals surface area contributed by atoms with Crippen molar-refractivity contribution in [3.63, 3.8) is 0 Å². The van der Waals surface area contributed by atoms with Crippen molar-refractivity contribution in [3.05, 3.63) is 30.1 Å². The SMILES string of the molecule is COCC(N[C@@H](C)c1ccncc1)C1CC1. The van der Waals surface area contributed by atoms with E-state index in [1.165, 1.54) is 18.4 Å². The molecule has 1 unspecified atom stereocenters. The van der Waals surface area contributed by atoms with E-state index in [-0.39, 0.29) is 0 Å². The molecular formula is C13H20N2O. The molecule has 1 fully saturated rings. The van der Waals surface area contributed by atoms with Crippen LogP contribution in [0.25, 0.3) is 0 Å². The van der Waals surface area contributed by atoms with E-state index in [1.54, 1.807) is 7.11 Å². The highest BCUT2D eigenvalue weighted by Gasteiger charge is 2.31. The highest BCUT2D eigenvalue weighted by Crippen LogP contribution is 2.33. The smallest absolute Gasteiger partial charge is 0.0618 e. The van der Waals surface area contributed by atoms with Crippen LogP contribution >= 0.6 is 0 Å². The monoisotopic (exact) mass is 220 g/mol. The van der Waals surface area contributed by atoms with Crippen LogP contribution < -0.4 is 5.32 Å². The maximum atomic E-state index is 5.27. The lowest BCUT2D eigenvalue weighted by Crippen LogP contribution is -2.36. The summed E-state index contributed by atoms with van der Waals surface area (Å²) in [6.45, 7) is 3.00. The first kappa shape index (κ1) is 11.6. The van der Waals surface area contributed by atoms with Crippen molar-refractivity contribution in [1.29, 1.82) is 0 Å². The normalized spacial score (nSPS) is 19.4. The van der Waals surface area contributed by atoms with Gasteiger partial charge in [0.15, 0.2) is 0 Å². The van der Waals surface area contributed by atoms with Gasteiger partial charge in [0.05, 0.1) is 6.61 Å². The zero-order chi connectivity index (χ0) is 11.4. The predicted octanol–water partition coefficient (Wildman–Crippen LogP) is 2.16. The Hall–Kier alpha value is -0.930. The Morgan fingerprint density at radius 3 is 2.69 bits per heavy atom. The Morgan fingerprint density at radius 2 is 2.12 bits per heavy atom. The summed E-state index contributed by atoms with van der Waals surface area (Å²) < 4.78 is 5.27. The lowest BCUT2D eigenvalue weighted by Gasteiger charge is -2.22. The number of methoxy groups -OCH3 is 1. The molecule has 0 aromatic carbocycles. The molecule has 0 amide bonds. The third kappa shape index (κ3) is 3.03. The second kappa shape index (κ2) is 5.41. The fraction of sp³-hybridized carbons (Fsp3) is 0.615. The van der Waals surface area contributed by atoms with Crippen LogP contribution in [0.5, 0.6) is 0 Å². The predicted molar refractivity (Wildman–Crippen MR) is 64.2 cm³/mol. The second-order valence-electron chi connectivity index (χ2n) is 4.57. The number of nitrogens with zero attached hydrogens (tertiary/aromatic N) is 1. The fourth-order valence-corrected chi connectivity index (χ4v) is 2.07. The van der Waals surface area contributed by atoms with E-state index in [4.69, 9.17) is 4.74 Å². The Bertz CT molecular complexity index is 311. The third-order valence-corrected chi connectivity index (χ3v) is 3.21. The first-order chi connectivity index (χ1) is 7.81. The minimum absolute atomic E-state index is 0.365. The van der Waals surface area contributed by atoms with Crippen molar-refractivity contribution in [3.8, 4) is 0 Å². The molecule has 3 nitrogen and oxygen atoms in total. The molecule has 1 aromatic heterocycles. The molecule has 1 aliphatic carbocycles. The van der Waals surface area contributed by atoms with Crippen LogP contribution in [0.3, 0.4) is 0 Å². The number of nitrogens with one attached hydrogen (secondary N) is 1. The number of aromatic nitrogens is 1. The van der Waals surface area contributed by atoms with Crippen molar-refractivity contribution in [2.45, 2.75) is 31.8 Å². The molecule has 0 bridgehead atoms. The van der Waals surface area contributed by atoms with Crippen LogP contribution in [-0.4, -0.2) is 24.7 Å². The first-order valence-corrected chi connectivity index (χ1v) is 5.96. The van der Waals surface area contributed by atoms with Crippen molar-refractivity contribution >= 4 is 0 Å². The highest BCUT2D eigenvalue weighted by molar-refractivity contribution is 5.14. The van der Waals surface area contributed by atoms with Gasteiger partial charge in [0.2, 0.25) is 0 Å². The zero-order valence-electron chi connectivity index (χ0n) is 10.0. The van der Waals surface area contributed by atoms with Gasteiger partial charge in [-0.25, -0.2) is 0 Å². The molecule has 3 heteroatoms. The summed E-state index contributed by atoms with van der Waals surface area (Å²) in [5.74, 6) is 0.809. The molecule has 0 spiro atoms. The Labute approximate surface area is 97.2 Å². The number of hydrogen-bond acceptors (Lipinski definition) is 3. The number of hydrogen-bond donors (Lipinski definition) is 1. The van der Waals surface area contributed by atoms with Gasteiger partial charge < -0.3 is 10.1 Å².